The summed E-state index contributed by atoms with van der Waals surface area (Å²) >= 11 is 4.89. The fraction of sp³-hybridized carbons (Fsp3) is 0.455. The lowest BCUT2D eigenvalue weighted by molar-refractivity contribution is -0.127. The molecular weight excluding hydrogens is 304 g/mol. The van der Waals surface area contributed by atoms with Crippen molar-refractivity contribution in [3.8, 4) is 0 Å². The van der Waals surface area contributed by atoms with Gasteiger partial charge in [-0.25, -0.2) is 4.79 Å². The summed E-state index contributed by atoms with van der Waals surface area (Å²) in [5.41, 5.74) is 0. The molecule has 2 heterocycles. The molecule has 3 amide bonds. The van der Waals surface area contributed by atoms with Gasteiger partial charge in [0.05, 0.1) is 6.54 Å². The Morgan fingerprint density at radius 1 is 1.53 bits per heavy atom. The molecule has 0 aliphatic carbocycles. The predicted molar refractivity (Wildman–Crippen MR) is 69.8 cm³/mol. The molecule has 17 heavy (non-hydrogen) atoms. The van der Waals surface area contributed by atoms with Crippen molar-refractivity contribution < 1.29 is 9.59 Å². The third kappa shape index (κ3) is 2.69. The molecule has 1 fully saturated rings. The molecule has 1 aliphatic heterocycles. The number of hydrogen-bond acceptors (Lipinski definition) is 3. The number of carbonyl (C=O) groups excluding carboxylic acids is 2. The van der Waals surface area contributed by atoms with Crippen LogP contribution in [0.1, 0.15) is 24.6 Å². The fourth-order valence-corrected chi connectivity index (χ4v) is 3.24. The van der Waals surface area contributed by atoms with E-state index in [2.05, 4.69) is 21.2 Å². The Hall–Kier alpha value is -0.880. The average molecular weight is 317 g/mol. The number of urea groups is 1. The molecule has 1 unspecified atom stereocenters. The molecule has 1 saturated heterocycles. The van der Waals surface area contributed by atoms with Crippen molar-refractivity contribution in [2.24, 2.45) is 0 Å². The quantitative estimate of drug-likeness (QED) is 0.868. The molecule has 1 atom stereocenters. The summed E-state index contributed by atoms with van der Waals surface area (Å²) in [7, 11) is 0. The Morgan fingerprint density at radius 2 is 2.29 bits per heavy atom. The van der Waals surface area contributed by atoms with E-state index < -0.39 is 0 Å². The van der Waals surface area contributed by atoms with Crippen LogP contribution in [0.4, 0.5) is 4.79 Å². The monoisotopic (exact) mass is 316 g/mol. The largest absolute Gasteiger partial charge is 0.326 e. The van der Waals surface area contributed by atoms with E-state index >= 15 is 0 Å². The Morgan fingerprint density at radius 3 is 2.88 bits per heavy atom. The second kappa shape index (κ2) is 5.18. The van der Waals surface area contributed by atoms with Crippen LogP contribution >= 0.6 is 27.3 Å². The highest BCUT2D eigenvalue weighted by atomic mass is 79.9. The van der Waals surface area contributed by atoms with Crippen LogP contribution in [0.5, 0.6) is 0 Å². The highest BCUT2D eigenvalue weighted by Crippen LogP contribution is 2.23. The molecule has 0 radical (unpaired) electrons. The highest BCUT2D eigenvalue weighted by molar-refractivity contribution is 9.10. The molecule has 1 aromatic heterocycles. The van der Waals surface area contributed by atoms with E-state index in [0.717, 1.165) is 15.8 Å². The number of thiophene rings is 1. The van der Waals surface area contributed by atoms with E-state index in [0.29, 0.717) is 13.0 Å². The summed E-state index contributed by atoms with van der Waals surface area (Å²) in [6, 6.07) is 1.31. The van der Waals surface area contributed by atoms with Gasteiger partial charge in [0, 0.05) is 14.7 Å². The lowest BCUT2D eigenvalue weighted by atomic mass is 10.2. The summed E-state index contributed by atoms with van der Waals surface area (Å²) in [4.78, 5) is 25.9. The van der Waals surface area contributed by atoms with Crippen LogP contribution in [0.25, 0.3) is 0 Å². The molecule has 6 heteroatoms. The maximum atomic E-state index is 12.0. The van der Waals surface area contributed by atoms with Crippen LogP contribution in [0, 0.1) is 0 Å². The van der Waals surface area contributed by atoms with Gasteiger partial charge in [0.15, 0.2) is 0 Å². The molecule has 1 aromatic rings. The molecule has 2 rings (SSSR count). The van der Waals surface area contributed by atoms with E-state index in [-0.39, 0.29) is 18.0 Å². The van der Waals surface area contributed by atoms with Gasteiger partial charge in [0.2, 0.25) is 0 Å². The zero-order valence-corrected chi connectivity index (χ0v) is 11.8. The van der Waals surface area contributed by atoms with Crippen LogP contribution in [0.3, 0.4) is 0 Å². The second-order valence-electron chi connectivity index (χ2n) is 3.95. The number of hydrogen-bond donors (Lipinski definition) is 1. The summed E-state index contributed by atoms with van der Waals surface area (Å²) in [6.07, 6.45) is 1.59. The number of imide groups is 1. The van der Waals surface area contributed by atoms with Crippen molar-refractivity contribution in [3.63, 3.8) is 0 Å². The number of nitrogens with one attached hydrogen (secondary N) is 1. The zero-order chi connectivity index (χ0) is 12.4. The molecule has 1 aliphatic rings. The van der Waals surface area contributed by atoms with E-state index in [1.807, 2.05) is 18.4 Å². The van der Waals surface area contributed by atoms with Crippen LogP contribution < -0.4 is 5.32 Å². The molecule has 4 nitrogen and oxygen atoms in total. The van der Waals surface area contributed by atoms with E-state index in [1.165, 1.54) is 16.2 Å². The minimum absolute atomic E-state index is 0.110. The third-order valence-corrected chi connectivity index (χ3v) is 4.30. The van der Waals surface area contributed by atoms with E-state index in [4.69, 9.17) is 0 Å². The molecule has 92 valence electrons. The maximum absolute atomic E-state index is 12.0. The minimum Gasteiger partial charge on any atom is -0.326 e. The van der Waals surface area contributed by atoms with Gasteiger partial charge in [-0.05, 0) is 28.4 Å². The Bertz CT molecular complexity index is 446. The van der Waals surface area contributed by atoms with Crippen molar-refractivity contribution >= 4 is 39.2 Å². The van der Waals surface area contributed by atoms with Crippen molar-refractivity contribution in [2.75, 3.05) is 0 Å². The van der Waals surface area contributed by atoms with Gasteiger partial charge in [0.25, 0.3) is 5.91 Å². The molecular formula is C11H13BrN2O2S. The van der Waals surface area contributed by atoms with Crippen molar-refractivity contribution in [2.45, 2.75) is 32.4 Å². The second-order valence-corrected chi connectivity index (χ2v) is 5.86. The average Bonchev–Trinajstić information content (AvgIpc) is 2.79. The fourth-order valence-electron chi connectivity index (χ4n) is 1.80. The summed E-state index contributed by atoms with van der Waals surface area (Å²) < 4.78 is 0.981. The Balaban J connectivity index is 2.06. The first-order valence-electron chi connectivity index (χ1n) is 5.46. The smallest absolute Gasteiger partial charge is 0.325 e. The van der Waals surface area contributed by atoms with Crippen LogP contribution in [-0.4, -0.2) is 22.9 Å². The molecule has 0 bridgehead atoms. The van der Waals surface area contributed by atoms with Gasteiger partial charge >= 0.3 is 6.03 Å². The number of amides is 3. The number of carbonyl (C=O) groups is 2. The van der Waals surface area contributed by atoms with E-state index in [1.54, 1.807) is 0 Å². The first kappa shape index (κ1) is 12.6. The lowest BCUT2D eigenvalue weighted by Crippen LogP contribution is -2.30. The zero-order valence-electron chi connectivity index (χ0n) is 9.40. The third-order valence-electron chi connectivity index (χ3n) is 2.62. The lowest BCUT2D eigenvalue weighted by Gasteiger charge is -2.11. The van der Waals surface area contributed by atoms with Crippen molar-refractivity contribution in [1.82, 2.24) is 10.2 Å². The Labute approximate surface area is 112 Å². The molecule has 0 aromatic carbocycles. The van der Waals surface area contributed by atoms with Crippen molar-refractivity contribution in [1.29, 1.82) is 0 Å². The van der Waals surface area contributed by atoms with Crippen molar-refractivity contribution in [3.05, 3.63) is 20.8 Å². The first-order chi connectivity index (χ1) is 8.11. The number of rotatable bonds is 4. The molecule has 1 N–H and O–H groups in total. The summed E-state index contributed by atoms with van der Waals surface area (Å²) in [5.74, 6) is -0.110. The molecule has 0 spiro atoms. The number of halogens is 1. The van der Waals surface area contributed by atoms with Crippen LogP contribution in [-0.2, 0) is 11.3 Å². The maximum Gasteiger partial charge on any atom is 0.325 e. The van der Waals surface area contributed by atoms with Crippen LogP contribution in [0.2, 0.25) is 0 Å². The Kier molecular flexibility index (Phi) is 3.83. The van der Waals surface area contributed by atoms with Crippen LogP contribution in [0.15, 0.2) is 15.9 Å². The minimum atomic E-state index is -0.337. The summed E-state index contributed by atoms with van der Waals surface area (Å²) in [6.45, 7) is 2.36. The van der Waals surface area contributed by atoms with Gasteiger partial charge in [-0.1, -0.05) is 13.3 Å². The SMILES string of the molecule is CCCC1NC(=O)N(Cc2cc(Br)cs2)C1=O. The highest BCUT2D eigenvalue weighted by Gasteiger charge is 2.37. The molecule has 0 saturated carbocycles. The predicted octanol–water partition coefficient (Wildman–Crippen LogP) is 2.73. The van der Waals surface area contributed by atoms with Gasteiger partial charge < -0.3 is 5.32 Å². The van der Waals surface area contributed by atoms with Gasteiger partial charge in [0.1, 0.15) is 6.04 Å². The topological polar surface area (TPSA) is 49.4 Å². The van der Waals surface area contributed by atoms with Gasteiger partial charge in [-0.2, -0.15) is 0 Å². The first-order valence-corrected chi connectivity index (χ1v) is 7.14. The van der Waals surface area contributed by atoms with Gasteiger partial charge in [-0.15, -0.1) is 11.3 Å². The standard InChI is InChI=1S/C11H13BrN2O2S/c1-2-3-9-10(15)14(11(16)13-9)5-8-4-7(12)6-17-8/h4,6,9H,2-3,5H2,1H3,(H,13,16). The normalized spacial score (nSPS) is 19.9. The van der Waals surface area contributed by atoms with E-state index in [9.17, 15) is 9.59 Å². The number of nitrogens with zero attached hydrogens (tertiary/aromatic N) is 1. The summed E-state index contributed by atoms with van der Waals surface area (Å²) in [5, 5.41) is 4.65. The van der Waals surface area contributed by atoms with Gasteiger partial charge in [-0.3, -0.25) is 9.69 Å².